The van der Waals surface area contributed by atoms with Crippen molar-refractivity contribution < 1.29 is 27.4 Å². The number of ether oxygens (including phenoxy) is 2. The smallest absolute Gasteiger partial charge is 0.416 e. The Balaban J connectivity index is 2.17. The lowest BCUT2D eigenvalue weighted by Gasteiger charge is -2.14. The van der Waals surface area contributed by atoms with Crippen LogP contribution in [0, 0.1) is 13.8 Å². The fourth-order valence-electron chi connectivity index (χ4n) is 2.66. The highest BCUT2D eigenvalue weighted by atomic mass is 19.4. The second-order valence-corrected chi connectivity index (χ2v) is 6.87. The number of benzene rings is 2. The summed E-state index contributed by atoms with van der Waals surface area (Å²) in [5.41, 5.74) is 2.13. The molecule has 0 bridgehead atoms. The first-order chi connectivity index (χ1) is 14.1. The van der Waals surface area contributed by atoms with Crippen molar-refractivity contribution >= 4 is 18.0 Å². The van der Waals surface area contributed by atoms with Crippen LogP contribution in [0.1, 0.15) is 39.5 Å². The summed E-state index contributed by atoms with van der Waals surface area (Å²) in [6.07, 6.45) is -2.76. The molecule has 0 amide bonds. The summed E-state index contributed by atoms with van der Waals surface area (Å²) in [6.45, 7) is 6.24. The summed E-state index contributed by atoms with van der Waals surface area (Å²) < 4.78 is 48.9. The molecule has 2 aromatic carbocycles. The lowest BCUT2D eigenvalue weighted by molar-refractivity contribution is -0.137. The minimum atomic E-state index is -4.48. The molecule has 8 heteroatoms. The predicted octanol–water partition coefficient (Wildman–Crippen LogP) is 5.30. The molecule has 2 aromatic rings. The van der Waals surface area contributed by atoms with Gasteiger partial charge < -0.3 is 14.4 Å². The molecule has 0 fully saturated rings. The van der Waals surface area contributed by atoms with Crippen molar-refractivity contribution in [2.24, 2.45) is 4.99 Å². The van der Waals surface area contributed by atoms with E-state index in [2.05, 4.69) is 4.99 Å². The van der Waals surface area contributed by atoms with E-state index in [-0.39, 0.29) is 12.4 Å². The highest BCUT2D eigenvalue weighted by Crippen LogP contribution is 2.33. The van der Waals surface area contributed by atoms with E-state index in [1.165, 1.54) is 13.2 Å². The third kappa shape index (κ3) is 5.75. The molecule has 0 aromatic heterocycles. The lowest BCUT2D eigenvalue weighted by atomic mass is 10.0. The SMILES string of the molecule is CCN(C)C=Nc1cc(C)c(C(=O)OCc2ccc(C(F)(F)F)cc2OC)cc1C. The zero-order valence-corrected chi connectivity index (χ0v) is 17.6. The number of methoxy groups -OCH3 is 1. The summed E-state index contributed by atoms with van der Waals surface area (Å²) >= 11 is 0. The van der Waals surface area contributed by atoms with Gasteiger partial charge in [-0.1, -0.05) is 6.07 Å². The van der Waals surface area contributed by atoms with Gasteiger partial charge >= 0.3 is 12.1 Å². The van der Waals surface area contributed by atoms with Crippen LogP contribution in [0.4, 0.5) is 18.9 Å². The number of hydrogen-bond donors (Lipinski definition) is 0. The average Bonchev–Trinajstić information content (AvgIpc) is 2.70. The van der Waals surface area contributed by atoms with E-state index in [1.807, 2.05) is 25.8 Å². The van der Waals surface area contributed by atoms with Crippen molar-refractivity contribution in [2.75, 3.05) is 20.7 Å². The molecule has 0 N–H and O–H groups in total. The Morgan fingerprint density at radius 1 is 1.17 bits per heavy atom. The highest BCUT2D eigenvalue weighted by Gasteiger charge is 2.31. The fourth-order valence-corrected chi connectivity index (χ4v) is 2.66. The van der Waals surface area contributed by atoms with Crippen molar-refractivity contribution in [1.29, 1.82) is 0 Å². The van der Waals surface area contributed by atoms with Gasteiger partial charge in [0.1, 0.15) is 12.4 Å². The van der Waals surface area contributed by atoms with Crippen LogP contribution < -0.4 is 4.74 Å². The number of carbonyl (C=O) groups is 1. The van der Waals surface area contributed by atoms with Crippen LogP contribution in [0.5, 0.6) is 5.75 Å². The zero-order valence-electron chi connectivity index (χ0n) is 17.6. The fraction of sp³-hybridized carbons (Fsp3) is 0.364. The molecule has 0 aliphatic rings. The Kier molecular flexibility index (Phi) is 7.48. The number of rotatable bonds is 7. The summed E-state index contributed by atoms with van der Waals surface area (Å²) in [6, 6.07) is 6.56. The molecule has 0 aliphatic heterocycles. The molecular formula is C22H25F3N2O3. The quantitative estimate of drug-likeness (QED) is 0.345. The number of aryl methyl sites for hydroxylation is 2. The molecule has 0 saturated carbocycles. The topological polar surface area (TPSA) is 51.1 Å². The van der Waals surface area contributed by atoms with Gasteiger partial charge in [0.2, 0.25) is 0 Å². The molecule has 0 heterocycles. The predicted molar refractivity (Wildman–Crippen MR) is 109 cm³/mol. The summed E-state index contributed by atoms with van der Waals surface area (Å²) in [5.74, 6) is -0.561. The Hall–Kier alpha value is -3.03. The van der Waals surface area contributed by atoms with Gasteiger partial charge in [-0.25, -0.2) is 9.79 Å². The molecule has 0 spiro atoms. The maximum atomic E-state index is 12.9. The minimum absolute atomic E-state index is 0.00950. The van der Waals surface area contributed by atoms with Crippen molar-refractivity contribution in [2.45, 2.75) is 33.6 Å². The Labute approximate surface area is 174 Å². The minimum Gasteiger partial charge on any atom is -0.496 e. The van der Waals surface area contributed by atoms with Gasteiger partial charge in [0.25, 0.3) is 0 Å². The first-order valence-electron chi connectivity index (χ1n) is 9.33. The maximum Gasteiger partial charge on any atom is 0.416 e. The molecule has 0 unspecified atom stereocenters. The van der Waals surface area contributed by atoms with Crippen molar-refractivity contribution in [1.82, 2.24) is 4.90 Å². The largest absolute Gasteiger partial charge is 0.496 e. The van der Waals surface area contributed by atoms with E-state index >= 15 is 0 Å². The summed E-state index contributed by atoms with van der Waals surface area (Å²) in [4.78, 5) is 18.9. The third-order valence-corrected chi connectivity index (χ3v) is 4.63. The van der Waals surface area contributed by atoms with E-state index in [9.17, 15) is 18.0 Å². The molecule has 5 nitrogen and oxygen atoms in total. The summed E-state index contributed by atoms with van der Waals surface area (Å²) in [5, 5.41) is 0. The zero-order chi connectivity index (χ0) is 22.5. The van der Waals surface area contributed by atoms with Crippen LogP contribution in [-0.4, -0.2) is 37.9 Å². The number of carbonyl (C=O) groups excluding carboxylic acids is 1. The molecule has 0 atom stereocenters. The monoisotopic (exact) mass is 422 g/mol. The number of nitrogens with zero attached hydrogens (tertiary/aromatic N) is 2. The van der Waals surface area contributed by atoms with Crippen LogP contribution in [0.3, 0.4) is 0 Å². The first-order valence-corrected chi connectivity index (χ1v) is 9.33. The third-order valence-electron chi connectivity index (χ3n) is 4.63. The van der Waals surface area contributed by atoms with Gasteiger partial charge in [0, 0.05) is 19.2 Å². The summed E-state index contributed by atoms with van der Waals surface area (Å²) in [7, 11) is 3.18. The van der Waals surface area contributed by atoms with Crippen molar-refractivity contribution in [3.63, 3.8) is 0 Å². The van der Waals surface area contributed by atoms with E-state index in [4.69, 9.17) is 9.47 Å². The number of halogens is 3. The van der Waals surface area contributed by atoms with Gasteiger partial charge in [0.15, 0.2) is 0 Å². The van der Waals surface area contributed by atoms with E-state index in [0.717, 1.165) is 29.9 Å². The second-order valence-electron chi connectivity index (χ2n) is 6.87. The number of alkyl halides is 3. The van der Waals surface area contributed by atoms with Crippen LogP contribution in [0.2, 0.25) is 0 Å². The normalized spacial score (nSPS) is 11.6. The Morgan fingerprint density at radius 2 is 1.87 bits per heavy atom. The van der Waals surface area contributed by atoms with Gasteiger partial charge in [-0.3, -0.25) is 0 Å². The Bertz CT molecular complexity index is 940. The lowest BCUT2D eigenvalue weighted by Crippen LogP contribution is -2.14. The second kappa shape index (κ2) is 9.65. The molecular weight excluding hydrogens is 397 g/mol. The molecule has 0 saturated heterocycles. The van der Waals surface area contributed by atoms with E-state index in [1.54, 1.807) is 25.4 Å². The maximum absolute atomic E-state index is 12.9. The molecule has 30 heavy (non-hydrogen) atoms. The van der Waals surface area contributed by atoms with Gasteiger partial charge in [-0.05, 0) is 56.2 Å². The van der Waals surface area contributed by atoms with Crippen LogP contribution in [-0.2, 0) is 17.5 Å². The van der Waals surface area contributed by atoms with Gasteiger partial charge in [-0.2, -0.15) is 13.2 Å². The van der Waals surface area contributed by atoms with E-state index in [0.29, 0.717) is 16.7 Å². The van der Waals surface area contributed by atoms with E-state index < -0.39 is 17.7 Å². The Morgan fingerprint density at radius 3 is 2.47 bits per heavy atom. The van der Waals surface area contributed by atoms with Crippen LogP contribution in [0.15, 0.2) is 35.3 Å². The first kappa shape index (κ1) is 23.3. The highest BCUT2D eigenvalue weighted by molar-refractivity contribution is 5.92. The molecule has 162 valence electrons. The van der Waals surface area contributed by atoms with Crippen LogP contribution in [0.25, 0.3) is 0 Å². The number of hydrogen-bond acceptors (Lipinski definition) is 4. The van der Waals surface area contributed by atoms with Gasteiger partial charge in [-0.15, -0.1) is 0 Å². The molecule has 2 rings (SSSR count). The number of esters is 1. The molecule has 0 radical (unpaired) electrons. The average molecular weight is 422 g/mol. The van der Waals surface area contributed by atoms with Crippen molar-refractivity contribution in [3.8, 4) is 5.75 Å². The number of aliphatic imine (C=N–C) groups is 1. The standard InChI is InChI=1S/C22H25F3N2O3/c1-6-27(4)13-26-19-10-14(2)18(9-15(19)3)21(28)30-12-16-7-8-17(22(23,24)25)11-20(16)29-5/h7-11,13H,6,12H2,1-5H3. The van der Waals surface area contributed by atoms with Crippen LogP contribution >= 0.6 is 0 Å². The molecule has 0 aliphatic carbocycles. The van der Waals surface area contributed by atoms with Crippen molar-refractivity contribution in [3.05, 3.63) is 58.1 Å². The van der Waals surface area contributed by atoms with Gasteiger partial charge in [0.05, 0.1) is 30.3 Å².